The van der Waals surface area contributed by atoms with Gasteiger partial charge in [-0.2, -0.15) is 0 Å². The number of nitrogens with zero attached hydrogens (tertiary/aromatic N) is 1. The van der Waals surface area contributed by atoms with E-state index in [1.54, 1.807) is 6.07 Å². The Morgan fingerprint density at radius 2 is 2.04 bits per heavy atom. The van der Waals surface area contributed by atoms with Crippen LogP contribution in [-0.4, -0.2) is 40.7 Å². The Bertz CT molecular complexity index is 1050. The minimum Gasteiger partial charge on any atom is -0.464 e. The highest BCUT2D eigenvalue weighted by molar-refractivity contribution is 6.10. The van der Waals surface area contributed by atoms with E-state index in [1.807, 2.05) is 31.2 Å². The Morgan fingerprint density at radius 1 is 1.29 bits per heavy atom. The minimum atomic E-state index is -1.44. The summed E-state index contributed by atoms with van der Waals surface area (Å²) in [6, 6.07) is 9.09. The maximum absolute atomic E-state index is 12.2. The van der Waals surface area contributed by atoms with Crippen LogP contribution >= 0.6 is 0 Å². The van der Waals surface area contributed by atoms with Gasteiger partial charge >= 0.3 is 11.9 Å². The fraction of sp³-hybridized carbons (Fsp3) is 0.286. The maximum Gasteiger partial charge on any atom is 0.356 e. The number of aromatic nitrogens is 2. The molecule has 0 saturated carbocycles. The Kier molecular flexibility index (Phi) is 5.75. The van der Waals surface area contributed by atoms with Crippen LogP contribution in [0.15, 0.2) is 42.5 Å². The molecule has 0 aliphatic carbocycles. The summed E-state index contributed by atoms with van der Waals surface area (Å²) in [5.41, 5.74) is 1.33. The second kappa shape index (κ2) is 8.22. The largest absolute Gasteiger partial charge is 0.464 e. The van der Waals surface area contributed by atoms with Crippen LogP contribution < -0.4 is 0 Å². The van der Waals surface area contributed by atoms with E-state index in [0.29, 0.717) is 10.9 Å². The number of aromatic amines is 1. The predicted octanol–water partition coefficient (Wildman–Crippen LogP) is 3.44. The summed E-state index contributed by atoms with van der Waals surface area (Å²) in [4.78, 5) is 31.7. The van der Waals surface area contributed by atoms with Crippen LogP contribution in [0.2, 0.25) is 0 Å². The lowest BCUT2D eigenvalue weighted by atomic mass is 10.0. The molecule has 7 heteroatoms. The number of carbonyl (C=O) groups excluding carboxylic acids is 2. The summed E-state index contributed by atoms with van der Waals surface area (Å²) in [5.74, 6) is -1.34. The zero-order valence-electron chi connectivity index (χ0n) is 15.8. The molecular weight excluding hydrogens is 360 g/mol. The van der Waals surface area contributed by atoms with Gasteiger partial charge in [-0.15, -0.1) is 0 Å². The van der Waals surface area contributed by atoms with Crippen LogP contribution in [0.1, 0.15) is 42.1 Å². The van der Waals surface area contributed by atoms with Gasteiger partial charge in [0.15, 0.2) is 0 Å². The van der Waals surface area contributed by atoms with Crippen LogP contribution in [0.3, 0.4) is 0 Å². The summed E-state index contributed by atoms with van der Waals surface area (Å²) in [7, 11) is 1.25. The SMILES string of the molecule is C=C(C(=O)OCCCC)C(O)c1nc(C(=O)OC)cc2c1[nH]c1ccccc12. The highest BCUT2D eigenvalue weighted by atomic mass is 16.5. The van der Waals surface area contributed by atoms with Gasteiger partial charge in [0.2, 0.25) is 0 Å². The number of fused-ring (bicyclic) bond motifs is 3. The molecule has 146 valence electrons. The summed E-state index contributed by atoms with van der Waals surface area (Å²) < 4.78 is 9.90. The van der Waals surface area contributed by atoms with E-state index in [1.165, 1.54) is 7.11 Å². The smallest absolute Gasteiger partial charge is 0.356 e. The molecule has 1 atom stereocenters. The number of pyridine rings is 1. The number of carbonyl (C=O) groups is 2. The predicted molar refractivity (Wildman–Crippen MR) is 105 cm³/mol. The van der Waals surface area contributed by atoms with Gasteiger partial charge in [-0.25, -0.2) is 14.6 Å². The monoisotopic (exact) mass is 382 g/mol. The number of methoxy groups -OCH3 is 1. The highest BCUT2D eigenvalue weighted by Crippen LogP contribution is 2.32. The first-order valence-corrected chi connectivity index (χ1v) is 9.01. The summed E-state index contributed by atoms with van der Waals surface area (Å²) in [5, 5.41) is 12.3. The molecule has 3 aromatic rings. The number of benzene rings is 1. The van der Waals surface area contributed by atoms with E-state index in [9.17, 15) is 14.7 Å². The van der Waals surface area contributed by atoms with E-state index in [-0.39, 0.29) is 23.6 Å². The first kappa shape index (κ1) is 19.6. The quantitative estimate of drug-likeness (QED) is 0.369. The van der Waals surface area contributed by atoms with Gasteiger partial charge in [-0.3, -0.25) is 0 Å². The molecule has 28 heavy (non-hydrogen) atoms. The molecule has 0 amide bonds. The zero-order valence-corrected chi connectivity index (χ0v) is 15.8. The Balaban J connectivity index is 2.09. The van der Waals surface area contributed by atoms with Crippen molar-refractivity contribution >= 4 is 33.7 Å². The van der Waals surface area contributed by atoms with Crippen molar-refractivity contribution in [3.63, 3.8) is 0 Å². The number of hydrogen-bond acceptors (Lipinski definition) is 6. The van der Waals surface area contributed by atoms with Gasteiger partial charge in [0.05, 0.1) is 30.5 Å². The van der Waals surface area contributed by atoms with Crippen molar-refractivity contribution in [1.29, 1.82) is 0 Å². The van der Waals surface area contributed by atoms with Crippen LogP contribution in [0.25, 0.3) is 21.8 Å². The Labute approximate surface area is 162 Å². The van der Waals surface area contributed by atoms with Crippen LogP contribution in [-0.2, 0) is 14.3 Å². The summed E-state index contributed by atoms with van der Waals surface area (Å²) in [6.45, 7) is 5.90. The van der Waals surface area contributed by atoms with Crippen molar-refractivity contribution in [2.75, 3.05) is 13.7 Å². The lowest BCUT2D eigenvalue weighted by Gasteiger charge is -2.14. The zero-order chi connectivity index (χ0) is 20.3. The highest BCUT2D eigenvalue weighted by Gasteiger charge is 2.26. The summed E-state index contributed by atoms with van der Waals surface area (Å²) in [6.07, 6.45) is 0.160. The third kappa shape index (κ3) is 3.61. The van der Waals surface area contributed by atoms with Gasteiger partial charge < -0.3 is 19.6 Å². The van der Waals surface area contributed by atoms with Crippen LogP contribution in [0.4, 0.5) is 0 Å². The number of aliphatic hydroxyl groups is 1. The topological polar surface area (TPSA) is 102 Å². The second-order valence-electron chi connectivity index (χ2n) is 6.39. The lowest BCUT2D eigenvalue weighted by molar-refractivity contribution is -0.140. The van der Waals surface area contributed by atoms with Crippen molar-refractivity contribution in [1.82, 2.24) is 9.97 Å². The van der Waals surface area contributed by atoms with Crippen LogP contribution in [0, 0.1) is 0 Å². The molecule has 3 rings (SSSR count). The van der Waals surface area contributed by atoms with Crippen molar-refractivity contribution in [3.8, 4) is 0 Å². The molecule has 0 saturated heterocycles. The second-order valence-corrected chi connectivity index (χ2v) is 6.39. The number of unbranched alkanes of at least 4 members (excludes halogenated alkanes) is 1. The molecule has 2 N–H and O–H groups in total. The molecule has 1 unspecified atom stereocenters. The third-order valence-electron chi connectivity index (χ3n) is 4.50. The molecule has 0 aliphatic heterocycles. The van der Waals surface area contributed by atoms with Gasteiger partial charge in [0, 0.05) is 16.3 Å². The number of H-pyrrole nitrogens is 1. The first-order chi connectivity index (χ1) is 13.5. The lowest BCUT2D eigenvalue weighted by Crippen LogP contribution is -2.17. The number of nitrogens with one attached hydrogen (secondary N) is 1. The first-order valence-electron chi connectivity index (χ1n) is 9.01. The normalized spacial score (nSPS) is 12.1. The number of para-hydroxylation sites is 1. The van der Waals surface area contributed by atoms with E-state index in [2.05, 4.69) is 16.5 Å². The Morgan fingerprint density at radius 3 is 2.75 bits per heavy atom. The molecular formula is C21H22N2O5. The van der Waals surface area contributed by atoms with Gasteiger partial charge in [-0.1, -0.05) is 38.1 Å². The van der Waals surface area contributed by atoms with Gasteiger partial charge in [0.1, 0.15) is 11.8 Å². The van der Waals surface area contributed by atoms with Crippen molar-refractivity contribution in [2.24, 2.45) is 0 Å². The molecule has 0 spiro atoms. The number of esters is 2. The number of hydrogen-bond donors (Lipinski definition) is 2. The standard InChI is InChI=1S/C21H22N2O5/c1-4-5-10-28-20(25)12(2)19(24)18-17-14(11-16(23-18)21(26)27-3)13-8-6-7-9-15(13)22-17/h6-9,11,19,22,24H,2,4-5,10H2,1,3H3. The van der Waals surface area contributed by atoms with E-state index in [0.717, 1.165) is 23.7 Å². The number of rotatable bonds is 7. The fourth-order valence-corrected chi connectivity index (χ4v) is 2.96. The molecule has 0 radical (unpaired) electrons. The number of aliphatic hydroxyl groups excluding tert-OH is 1. The van der Waals surface area contributed by atoms with Crippen molar-refractivity contribution in [3.05, 3.63) is 53.9 Å². The fourth-order valence-electron chi connectivity index (χ4n) is 2.96. The summed E-state index contributed by atoms with van der Waals surface area (Å²) >= 11 is 0. The molecule has 7 nitrogen and oxygen atoms in total. The maximum atomic E-state index is 12.2. The minimum absolute atomic E-state index is 0.0287. The number of ether oxygens (including phenoxy) is 2. The average Bonchev–Trinajstić information content (AvgIpc) is 3.10. The van der Waals surface area contributed by atoms with Crippen molar-refractivity contribution in [2.45, 2.75) is 25.9 Å². The average molecular weight is 382 g/mol. The van der Waals surface area contributed by atoms with Gasteiger partial charge in [0.25, 0.3) is 0 Å². The Hall–Kier alpha value is -3.19. The molecule has 0 aliphatic rings. The van der Waals surface area contributed by atoms with Crippen molar-refractivity contribution < 1.29 is 24.2 Å². The molecule has 1 aromatic carbocycles. The van der Waals surface area contributed by atoms with E-state index >= 15 is 0 Å². The van der Waals surface area contributed by atoms with Gasteiger partial charge in [-0.05, 0) is 18.6 Å². The molecule has 2 heterocycles. The molecule has 0 fully saturated rings. The van der Waals surface area contributed by atoms with Crippen LogP contribution in [0.5, 0.6) is 0 Å². The van der Waals surface area contributed by atoms with E-state index < -0.39 is 18.0 Å². The molecule has 0 bridgehead atoms. The third-order valence-corrected chi connectivity index (χ3v) is 4.50. The van der Waals surface area contributed by atoms with E-state index in [4.69, 9.17) is 9.47 Å². The molecule has 2 aromatic heterocycles.